The first-order valence-electron chi connectivity index (χ1n) is 6.94. The van der Waals surface area contributed by atoms with Crippen LogP contribution in [0.2, 0.25) is 0 Å². The maximum Gasteiger partial charge on any atom is 0.251 e. The predicted octanol–water partition coefficient (Wildman–Crippen LogP) is 3.13. The number of nitrogens with one attached hydrogen (secondary N) is 2. The van der Waals surface area contributed by atoms with E-state index in [9.17, 15) is 4.79 Å². The van der Waals surface area contributed by atoms with Gasteiger partial charge in [0.15, 0.2) is 0 Å². The minimum absolute atomic E-state index is 0.0632. The van der Waals surface area contributed by atoms with Gasteiger partial charge in [-0.15, -0.1) is 11.3 Å². The van der Waals surface area contributed by atoms with Crippen molar-refractivity contribution >= 4 is 49.9 Å². The van der Waals surface area contributed by atoms with Crippen LogP contribution in [0.3, 0.4) is 0 Å². The number of rotatable bonds is 2. The minimum atomic E-state index is 0.0632. The highest BCUT2D eigenvalue weighted by atomic mass is 127. The molecule has 2 bridgehead atoms. The van der Waals surface area contributed by atoms with E-state index in [1.54, 1.807) is 11.3 Å². The molecule has 104 valence electrons. The van der Waals surface area contributed by atoms with E-state index >= 15 is 0 Å². The molecule has 3 heterocycles. The van der Waals surface area contributed by atoms with Gasteiger partial charge in [-0.2, -0.15) is 0 Å². The summed E-state index contributed by atoms with van der Waals surface area (Å²) < 4.78 is 2.46. The van der Waals surface area contributed by atoms with Crippen LogP contribution in [-0.2, 0) is 0 Å². The van der Waals surface area contributed by atoms with Crippen molar-refractivity contribution in [2.45, 2.75) is 37.4 Å². The monoisotopic (exact) mass is 398 g/mol. The summed E-state index contributed by atoms with van der Waals surface area (Å²) in [4.78, 5) is 12.4. The molecule has 0 unspecified atom stereocenters. The first-order valence-corrected chi connectivity index (χ1v) is 8.90. The van der Waals surface area contributed by atoms with Gasteiger partial charge in [-0.1, -0.05) is 0 Å². The van der Waals surface area contributed by atoms with Crippen LogP contribution in [0.25, 0.3) is 10.1 Å². The number of halogens is 1. The number of thiophene rings is 1. The van der Waals surface area contributed by atoms with Gasteiger partial charge in [-0.05, 0) is 60.1 Å². The molecule has 2 N–H and O–H groups in total. The molecule has 3 atom stereocenters. The summed E-state index contributed by atoms with van der Waals surface area (Å²) >= 11 is 4.06. The van der Waals surface area contributed by atoms with Crippen LogP contribution in [0.1, 0.15) is 29.6 Å². The summed E-state index contributed by atoms with van der Waals surface area (Å²) in [6, 6.07) is 7.41. The van der Waals surface area contributed by atoms with Crippen LogP contribution in [0.15, 0.2) is 23.6 Å². The SMILES string of the molecule is O=C(N[C@@H]1C[C@H]2CC[C@@H]1N2)c1ccc2scc(I)c2c1. The highest BCUT2D eigenvalue weighted by Gasteiger charge is 2.39. The van der Waals surface area contributed by atoms with Gasteiger partial charge < -0.3 is 10.6 Å². The second-order valence-corrected chi connectivity index (χ2v) is 7.73. The largest absolute Gasteiger partial charge is 0.348 e. The highest BCUT2D eigenvalue weighted by molar-refractivity contribution is 14.1. The second kappa shape index (κ2) is 4.96. The van der Waals surface area contributed by atoms with Crippen molar-refractivity contribution in [3.63, 3.8) is 0 Å². The molecule has 0 radical (unpaired) electrons. The summed E-state index contributed by atoms with van der Waals surface area (Å²) in [5.74, 6) is 0.0632. The third kappa shape index (κ3) is 2.16. The van der Waals surface area contributed by atoms with Gasteiger partial charge in [0, 0.05) is 42.7 Å². The lowest BCUT2D eigenvalue weighted by atomic mass is 9.95. The van der Waals surface area contributed by atoms with E-state index in [2.05, 4.69) is 44.7 Å². The standard InChI is InChI=1S/C15H15IN2OS/c16-11-7-20-14-4-1-8(5-10(11)14)15(19)18-13-6-9-2-3-12(13)17-9/h1,4-5,7,9,12-13,17H,2-3,6H2,(H,18,19)/t9-,12+,13-/m1/s1. The first kappa shape index (κ1) is 13.0. The van der Waals surface area contributed by atoms with E-state index in [1.165, 1.54) is 26.5 Å². The molecule has 2 aromatic rings. The number of carbonyl (C=O) groups excluding carboxylic acids is 1. The summed E-state index contributed by atoms with van der Waals surface area (Å²) in [6.45, 7) is 0. The van der Waals surface area contributed by atoms with Crippen LogP contribution in [0.4, 0.5) is 0 Å². The van der Waals surface area contributed by atoms with Crippen molar-refractivity contribution in [2.24, 2.45) is 0 Å². The number of fused-ring (bicyclic) bond motifs is 3. The van der Waals surface area contributed by atoms with Crippen LogP contribution in [0, 0.1) is 3.57 Å². The van der Waals surface area contributed by atoms with E-state index in [0.29, 0.717) is 18.1 Å². The van der Waals surface area contributed by atoms with E-state index in [4.69, 9.17) is 0 Å². The molecule has 0 aliphatic carbocycles. The van der Waals surface area contributed by atoms with Crippen molar-refractivity contribution < 1.29 is 4.79 Å². The van der Waals surface area contributed by atoms with Crippen molar-refractivity contribution in [3.8, 4) is 0 Å². The Morgan fingerprint density at radius 2 is 2.30 bits per heavy atom. The zero-order chi connectivity index (χ0) is 13.7. The molecule has 1 aromatic heterocycles. The Balaban J connectivity index is 1.56. The molecule has 20 heavy (non-hydrogen) atoms. The Bertz CT molecular complexity index is 684. The molecule has 1 amide bonds. The van der Waals surface area contributed by atoms with Crippen molar-refractivity contribution in [3.05, 3.63) is 32.7 Å². The van der Waals surface area contributed by atoms with Crippen molar-refractivity contribution in [1.29, 1.82) is 0 Å². The number of carbonyl (C=O) groups is 1. The number of amides is 1. The first-order chi connectivity index (χ1) is 9.70. The Morgan fingerprint density at radius 1 is 1.40 bits per heavy atom. The molecule has 1 aromatic carbocycles. The summed E-state index contributed by atoms with van der Waals surface area (Å²) in [6.07, 6.45) is 3.53. The Morgan fingerprint density at radius 3 is 3.05 bits per heavy atom. The van der Waals surface area contributed by atoms with Crippen LogP contribution < -0.4 is 10.6 Å². The van der Waals surface area contributed by atoms with Crippen LogP contribution in [-0.4, -0.2) is 24.0 Å². The second-order valence-electron chi connectivity index (χ2n) is 5.66. The topological polar surface area (TPSA) is 41.1 Å². The van der Waals surface area contributed by atoms with E-state index in [0.717, 1.165) is 12.0 Å². The van der Waals surface area contributed by atoms with Crippen LogP contribution >= 0.6 is 33.9 Å². The van der Waals surface area contributed by atoms with Gasteiger partial charge in [0.05, 0.1) is 0 Å². The quantitative estimate of drug-likeness (QED) is 0.764. The average molecular weight is 398 g/mol. The molecule has 2 saturated heterocycles. The lowest BCUT2D eigenvalue weighted by Gasteiger charge is -2.21. The molecule has 0 saturated carbocycles. The Hall–Kier alpha value is -0.660. The van der Waals surface area contributed by atoms with Crippen LogP contribution in [0.5, 0.6) is 0 Å². The lowest BCUT2D eigenvalue weighted by Crippen LogP contribution is -2.42. The molecule has 5 heteroatoms. The number of hydrogen-bond donors (Lipinski definition) is 2. The molecule has 2 aliphatic rings. The molecule has 0 spiro atoms. The maximum absolute atomic E-state index is 12.4. The zero-order valence-corrected chi connectivity index (χ0v) is 13.8. The summed E-state index contributed by atoms with van der Waals surface area (Å²) in [5.41, 5.74) is 0.775. The predicted molar refractivity (Wildman–Crippen MR) is 90.4 cm³/mol. The van der Waals surface area contributed by atoms with Crippen molar-refractivity contribution in [1.82, 2.24) is 10.6 Å². The summed E-state index contributed by atoms with van der Waals surface area (Å²) in [7, 11) is 0. The number of benzene rings is 1. The van der Waals surface area contributed by atoms with E-state index < -0.39 is 0 Å². The van der Waals surface area contributed by atoms with Gasteiger partial charge in [0.2, 0.25) is 0 Å². The van der Waals surface area contributed by atoms with Gasteiger partial charge in [-0.3, -0.25) is 4.79 Å². The third-order valence-corrected chi connectivity index (χ3v) is 6.68. The highest BCUT2D eigenvalue weighted by Crippen LogP contribution is 2.30. The van der Waals surface area contributed by atoms with Gasteiger partial charge in [-0.25, -0.2) is 0 Å². The van der Waals surface area contributed by atoms with Gasteiger partial charge in [0.25, 0.3) is 5.91 Å². The van der Waals surface area contributed by atoms with Crippen molar-refractivity contribution in [2.75, 3.05) is 0 Å². The molecular formula is C15H15IN2OS. The molecule has 3 nitrogen and oxygen atoms in total. The zero-order valence-electron chi connectivity index (χ0n) is 10.9. The fraction of sp³-hybridized carbons (Fsp3) is 0.400. The number of hydrogen-bond acceptors (Lipinski definition) is 3. The molecule has 2 aliphatic heterocycles. The molecular weight excluding hydrogens is 383 g/mol. The summed E-state index contributed by atoms with van der Waals surface area (Å²) in [5, 5.41) is 10.1. The lowest BCUT2D eigenvalue weighted by molar-refractivity contribution is 0.0931. The van der Waals surface area contributed by atoms with E-state index in [1.807, 2.05) is 12.1 Å². The fourth-order valence-electron chi connectivity index (χ4n) is 3.37. The molecule has 4 rings (SSSR count). The normalized spacial score (nSPS) is 28.1. The van der Waals surface area contributed by atoms with Gasteiger partial charge in [0.1, 0.15) is 0 Å². The smallest absolute Gasteiger partial charge is 0.251 e. The Kier molecular flexibility index (Phi) is 3.23. The molecule has 2 fully saturated rings. The fourth-order valence-corrected chi connectivity index (χ4v) is 5.19. The average Bonchev–Trinajstić information content (AvgIpc) is 3.15. The minimum Gasteiger partial charge on any atom is -0.348 e. The third-order valence-electron chi connectivity index (χ3n) is 4.40. The maximum atomic E-state index is 12.4. The van der Waals surface area contributed by atoms with E-state index in [-0.39, 0.29) is 5.91 Å². The van der Waals surface area contributed by atoms with Gasteiger partial charge >= 0.3 is 0 Å². The Labute approximate surface area is 135 Å².